The number of benzene rings is 2. The monoisotopic (exact) mass is 365 g/mol. The first-order valence-electron chi connectivity index (χ1n) is 6.32. The number of hydrogen-bond acceptors (Lipinski definition) is 1. The molecule has 0 saturated carbocycles. The van der Waals surface area contributed by atoms with Crippen LogP contribution in [0.1, 0.15) is 24.8 Å². The predicted molar refractivity (Wildman–Crippen MR) is 87.3 cm³/mol. The fraction of sp³-hybridized carbons (Fsp3) is 0.188. The van der Waals surface area contributed by atoms with Crippen molar-refractivity contribution in [1.29, 1.82) is 0 Å². The van der Waals surface area contributed by atoms with Gasteiger partial charge in [0.15, 0.2) is 0 Å². The summed E-state index contributed by atoms with van der Waals surface area (Å²) in [6.45, 7) is 2.03. The van der Waals surface area contributed by atoms with Gasteiger partial charge in [0.2, 0.25) is 5.91 Å². The van der Waals surface area contributed by atoms with Crippen molar-refractivity contribution in [3.8, 4) is 0 Å². The van der Waals surface area contributed by atoms with Crippen LogP contribution in [-0.4, -0.2) is 5.91 Å². The Labute approximate surface area is 127 Å². The lowest BCUT2D eigenvalue weighted by Crippen LogP contribution is -2.20. The molecule has 2 rings (SSSR count). The van der Waals surface area contributed by atoms with Gasteiger partial charge in [-0.05, 0) is 58.8 Å². The summed E-state index contributed by atoms with van der Waals surface area (Å²) in [5.74, 6) is -0.0459. The maximum absolute atomic E-state index is 12.3. The van der Waals surface area contributed by atoms with Gasteiger partial charge >= 0.3 is 0 Å². The van der Waals surface area contributed by atoms with E-state index in [9.17, 15) is 4.79 Å². The Kier molecular flexibility index (Phi) is 4.96. The highest BCUT2D eigenvalue weighted by Gasteiger charge is 2.18. The van der Waals surface area contributed by atoms with E-state index >= 15 is 0 Å². The molecule has 0 bridgehead atoms. The fourth-order valence-electron chi connectivity index (χ4n) is 2.02. The maximum Gasteiger partial charge on any atom is 0.231 e. The maximum atomic E-state index is 12.3. The number of halogens is 1. The number of anilines is 1. The van der Waals surface area contributed by atoms with Gasteiger partial charge in [0.25, 0.3) is 0 Å². The molecule has 1 amide bonds. The zero-order chi connectivity index (χ0) is 13.7. The van der Waals surface area contributed by atoms with Crippen LogP contribution in [0.15, 0.2) is 54.6 Å². The van der Waals surface area contributed by atoms with Crippen LogP contribution < -0.4 is 5.32 Å². The van der Waals surface area contributed by atoms with E-state index < -0.39 is 0 Å². The standard InChI is InChI=1S/C16H16INO/c1-2-15(12-6-4-3-5-7-12)16(19)18-14-10-8-13(17)9-11-14/h3-11,15H,2H2,1H3,(H,18,19)/t15-/m0/s1. The number of rotatable bonds is 4. The average molecular weight is 365 g/mol. The lowest BCUT2D eigenvalue weighted by molar-refractivity contribution is -0.117. The normalized spacial score (nSPS) is 11.9. The second kappa shape index (κ2) is 6.70. The molecule has 0 unspecified atom stereocenters. The largest absolute Gasteiger partial charge is 0.326 e. The first-order chi connectivity index (χ1) is 9.20. The minimum Gasteiger partial charge on any atom is -0.326 e. The van der Waals surface area contributed by atoms with Crippen LogP contribution >= 0.6 is 22.6 Å². The molecule has 0 saturated heterocycles. The topological polar surface area (TPSA) is 29.1 Å². The van der Waals surface area contributed by atoms with Crippen molar-refractivity contribution in [2.45, 2.75) is 19.3 Å². The van der Waals surface area contributed by atoms with Gasteiger partial charge < -0.3 is 5.32 Å². The van der Waals surface area contributed by atoms with Gasteiger partial charge in [-0.25, -0.2) is 0 Å². The lowest BCUT2D eigenvalue weighted by atomic mass is 9.95. The van der Waals surface area contributed by atoms with Crippen molar-refractivity contribution in [2.24, 2.45) is 0 Å². The second-order valence-electron chi connectivity index (χ2n) is 4.37. The minimum absolute atomic E-state index is 0.0508. The first kappa shape index (κ1) is 14.1. The molecule has 3 heteroatoms. The summed E-state index contributed by atoms with van der Waals surface area (Å²) in [7, 11) is 0. The van der Waals surface area contributed by atoms with Crippen molar-refractivity contribution in [2.75, 3.05) is 5.32 Å². The van der Waals surface area contributed by atoms with Crippen molar-refractivity contribution < 1.29 is 4.79 Å². The fourth-order valence-corrected chi connectivity index (χ4v) is 2.38. The molecule has 0 radical (unpaired) electrons. The quantitative estimate of drug-likeness (QED) is 0.799. The van der Waals surface area contributed by atoms with Gasteiger partial charge in [-0.2, -0.15) is 0 Å². The van der Waals surface area contributed by atoms with Crippen molar-refractivity contribution in [1.82, 2.24) is 0 Å². The smallest absolute Gasteiger partial charge is 0.231 e. The number of carbonyl (C=O) groups excluding carboxylic acids is 1. The Bertz CT molecular complexity index is 536. The first-order valence-corrected chi connectivity index (χ1v) is 7.40. The summed E-state index contributed by atoms with van der Waals surface area (Å²) in [5, 5.41) is 2.98. The molecule has 2 nitrogen and oxygen atoms in total. The molecule has 0 aromatic heterocycles. The third kappa shape index (κ3) is 3.80. The van der Waals surface area contributed by atoms with E-state index in [2.05, 4.69) is 27.9 Å². The zero-order valence-electron chi connectivity index (χ0n) is 10.8. The summed E-state index contributed by atoms with van der Waals surface area (Å²) < 4.78 is 1.16. The van der Waals surface area contributed by atoms with E-state index in [1.165, 1.54) is 0 Å². The van der Waals surface area contributed by atoms with Gasteiger partial charge in [-0.3, -0.25) is 4.79 Å². The van der Waals surface area contributed by atoms with E-state index in [4.69, 9.17) is 0 Å². The van der Waals surface area contributed by atoms with Gasteiger partial charge in [-0.1, -0.05) is 37.3 Å². The van der Waals surface area contributed by atoms with Crippen LogP contribution in [0.4, 0.5) is 5.69 Å². The predicted octanol–water partition coefficient (Wildman–Crippen LogP) is 4.42. The highest BCUT2D eigenvalue weighted by molar-refractivity contribution is 14.1. The number of carbonyl (C=O) groups is 1. The summed E-state index contributed by atoms with van der Waals surface area (Å²) in [6, 6.07) is 17.7. The van der Waals surface area contributed by atoms with Crippen LogP contribution in [0.3, 0.4) is 0 Å². The molecule has 98 valence electrons. The molecule has 2 aromatic carbocycles. The Morgan fingerprint density at radius 2 is 1.74 bits per heavy atom. The summed E-state index contributed by atoms with van der Waals surface area (Å²) in [5.41, 5.74) is 1.91. The molecule has 0 heterocycles. The minimum atomic E-state index is -0.0968. The Balaban J connectivity index is 2.11. The Morgan fingerprint density at radius 3 is 2.32 bits per heavy atom. The van der Waals surface area contributed by atoms with Crippen LogP contribution in [0.2, 0.25) is 0 Å². The zero-order valence-corrected chi connectivity index (χ0v) is 12.9. The van der Waals surface area contributed by atoms with E-state index in [1.54, 1.807) is 0 Å². The van der Waals surface area contributed by atoms with Crippen LogP contribution in [0, 0.1) is 3.57 Å². The molecule has 0 aliphatic rings. The molecular formula is C16H16INO. The van der Waals surface area contributed by atoms with Crippen molar-refractivity contribution in [3.63, 3.8) is 0 Å². The molecule has 19 heavy (non-hydrogen) atoms. The van der Waals surface area contributed by atoms with Crippen molar-refractivity contribution in [3.05, 3.63) is 63.7 Å². The molecule has 1 N–H and O–H groups in total. The number of amides is 1. The van der Waals surface area contributed by atoms with Crippen LogP contribution in [0.5, 0.6) is 0 Å². The molecule has 2 aromatic rings. The highest BCUT2D eigenvalue weighted by Crippen LogP contribution is 2.21. The molecule has 1 atom stereocenters. The SMILES string of the molecule is CC[C@H](C(=O)Nc1ccc(I)cc1)c1ccccc1. The molecule has 0 spiro atoms. The van der Waals surface area contributed by atoms with E-state index in [0.29, 0.717) is 0 Å². The molecule has 0 aliphatic carbocycles. The van der Waals surface area contributed by atoms with Gasteiger partial charge in [-0.15, -0.1) is 0 Å². The highest BCUT2D eigenvalue weighted by atomic mass is 127. The third-order valence-electron chi connectivity index (χ3n) is 3.04. The van der Waals surface area contributed by atoms with E-state index in [0.717, 1.165) is 21.2 Å². The summed E-state index contributed by atoms with van der Waals surface area (Å²) >= 11 is 2.25. The Hall–Kier alpha value is -1.36. The number of hydrogen-bond donors (Lipinski definition) is 1. The number of nitrogens with one attached hydrogen (secondary N) is 1. The van der Waals surface area contributed by atoms with Crippen LogP contribution in [0.25, 0.3) is 0 Å². The summed E-state index contributed by atoms with van der Waals surface area (Å²) in [6.07, 6.45) is 0.792. The third-order valence-corrected chi connectivity index (χ3v) is 3.76. The Morgan fingerprint density at radius 1 is 1.11 bits per heavy atom. The molecule has 0 fully saturated rings. The van der Waals surface area contributed by atoms with Gasteiger partial charge in [0.05, 0.1) is 5.92 Å². The molecular weight excluding hydrogens is 349 g/mol. The molecule has 0 aliphatic heterocycles. The second-order valence-corrected chi connectivity index (χ2v) is 5.61. The average Bonchev–Trinajstić information content (AvgIpc) is 2.43. The van der Waals surface area contributed by atoms with Gasteiger partial charge in [0, 0.05) is 9.26 Å². The van der Waals surface area contributed by atoms with E-state index in [-0.39, 0.29) is 11.8 Å². The van der Waals surface area contributed by atoms with Gasteiger partial charge in [0.1, 0.15) is 0 Å². The van der Waals surface area contributed by atoms with Crippen molar-refractivity contribution >= 4 is 34.2 Å². The summed E-state index contributed by atoms with van der Waals surface area (Å²) in [4.78, 5) is 12.3. The van der Waals surface area contributed by atoms with E-state index in [1.807, 2.05) is 61.5 Å². The lowest BCUT2D eigenvalue weighted by Gasteiger charge is -2.15. The van der Waals surface area contributed by atoms with Crippen LogP contribution in [-0.2, 0) is 4.79 Å².